The molecule has 0 saturated carbocycles. The van der Waals surface area contributed by atoms with Gasteiger partial charge in [0.05, 0.1) is 12.6 Å². The highest BCUT2D eigenvalue weighted by Crippen LogP contribution is 2.09. The number of rotatable bonds is 9. The summed E-state index contributed by atoms with van der Waals surface area (Å²) >= 11 is 0. The van der Waals surface area contributed by atoms with Crippen LogP contribution in [0.1, 0.15) is 34.1 Å². The number of ketones is 2. The van der Waals surface area contributed by atoms with Crippen molar-refractivity contribution in [1.82, 2.24) is 5.32 Å². The van der Waals surface area contributed by atoms with E-state index in [1.807, 2.05) is 30.3 Å². The number of hydrogen-bond donors (Lipinski definition) is 2. The predicted octanol–water partition coefficient (Wildman–Crippen LogP) is 2.42. The van der Waals surface area contributed by atoms with Crippen molar-refractivity contribution >= 4 is 23.2 Å². The van der Waals surface area contributed by atoms with E-state index in [1.54, 1.807) is 27.7 Å². The number of amides is 1. The number of para-hydroxylation sites is 1. The molecule has 5 nitrogen and oxygen atoms in total. The van der Waals surface area contributed by atoms with Gasteiger partial charge in [-0.15, -0.1) is 0 Å². The third-order valence-corrected chi connectivity index (χ3v) is 3.52. The Balaban J connectivity index is 2.62. The van der Waals surface area contributed by atoms with Gasteiger partial charge < -0.3 is 10.6 Å². The summed E-state index contributed by atoms with van der Waals surface area (Å²) in [5, 5.41) is 5.67. The molecule has 0 aliphatic rings. The van der Waals surface area contributed by atoms with Crippen molar-refractivity contribution in [2.75, 3.05) is 11.9 Å². The van der Waals surface area contributed by atoms with Gasteiger partial charge in [0.1, 0.15) is 5.78 Å². The molecule has 0 aliphatic carbocycles. The lowest BCUT2D eigenvalue weighted by Crippen LogP contribution is -2.46. The first-order valence-electron chi connectivity index (χ1n) is 7.96. The van der Waals surface area contributed by atoms with Crippen molar-refractivity contribution in [2.45, 2.75) is 40.2 Å². The largest absolute Gasteiger partial charge is 0.376 e. The number of carbonyl (C=O) groups excluding carboxylic acids is 3. The summed E-state index contributed by atoms with van der Waals surface area (Å²) in [5.74, 6) is -0.837. The number of nitrogens with one attached hydrogen (secondary N) is 2. The third kappa shape index (κ3) is 6.63. The zero-order valence-electron chi connectivity index (χ0n) is 14.3. The molecule has 0 heterocycles. The van der Waals surface area contributed by atoms with Crippen LogP contribution in [0.5, 0.6) is 0 Å². The number of hydrogen-bond acceptors (Lipinski definition) is 4. The van der Waals surface area contributed by atoms with Gasteiger partial charge in [-0.1, -0.05) is 45.9 Å². The van der Waals surface area contributed by atoms with Crippen LogP contribution in [-0.2, 0) is 14.4 Å². The topological polar surface area (TPSA) is 75.3 Å². The second-order valence-corrected chi connectivity index (χ2v) is 6.22. The molecule has 0 bridgehead atoms. The molecule has 0 aliphatic heterocycles. The molecule has 1 unspecified atom stereocenters. The maximum absolute atomic E-state index is 12.2. The van der Waals surface area contributed by atoms with E-state index in [-0.39, 0.29) is 42.3 Å². The van der Waals surface area contributed by atoms with Gasteiger partial charge >= 0.3 is 0 Å². The van der Waals surface area contributed by atoms with Crippen LogP contribution in [0.3, 0.4) is 0 Å². The highest BCUT2D eigenvalue weighted by Gasteiger charge is 2.26. The van der Waals surface area contributed by atoms with Crippen LogP contribution >= 0.6 is 0 Å². The fourth-order valence-corrected chi connectivity index (χ4v) is 2.05. The Hall–Kier alpha value is -2.17. The summed E-state index contributed by atoms with van der Waals surface area (Å²) in [5.41, 5.74) is 0.827. The van der Waals surface area contributed by atoms with Crippen molar-refractivity contribution in [3.8, 4) is 0 Å². The molecule has 126 valence electrons. The van der Waals surface area contributed by atoms with Crippen LogP contribution in [0.2, 0.25) is 0 Å². The molecule has 5 heteroatoms. The minimum Gasteiger partial charge on any atom is -0.376 e. The number of Topliss-reactive ketones (excluding diaryl/α,β-unsaturated/α-hetero) is 2. The Kier molecular flexibility index (Phi) is 7.45. The molecule has 23 heavy (non-hydrogen) atoms. The Labute approximate surface area is 137 Å². The van der Waals surface area contributed by atoms with Gasteiger partial charge in [0.2, 0.25) is 5.91 Å². The van der Waals surface area contributed by atoms with Gasteiger partial charge in [0, 0.05) is 23.9 Å². The highest BCUT2D eigenvalue weighted by molar-refractivity contribution is 5.95. The molecule has 1 rings (SSSR count). The number of carbonyl (C=O) groups is 3. The van der Waals surface area contributed by atoms with E-state index in [2.05, 4.69) is 10.6 Å². The van der Waals surface area contributed by atoms with Crippen molar-refractivity contribution in [3.05, 3.63) is 30.3 Å². The molecule has 0 fully saturated rings. The van der Waals surface area contributed by atoms with Crippen LogP contribution in [0.4, 0.5) is 5.69 Å². The first-order valence-corrected chi connectivity index (χ1v) is 7.96. The zero-order valence-corrected chi connectivity index (χ0v) is 14.3. The van der Waals surface area contributed by atoms with E-state index in [9.17, 15) is 14.4 Å². The monoisotopic (exact) mass is 318 g/mol. The van der Waals surface area contributed by atoms with E-state index in [0.29, 0.717) is 0 Å². The third-order valence-electron chi connectivity index (χ3n) is 3.52. The Bertz CT molecular complexity index is 538. The standard InChI is InChI=1S/C18H26N2O3/c1-12(2)16(21)10-15(18(23)13(3)4)20-17(22)11-19-14-8-6-5-7-9-14/h5-9,12-13,15,19H,10-11H2,1-4H3,(H,20,22). The summed E-state index contributed by atoms with van der Waals surface area (Å²) in [4.78, 5) is 36.2. The van der Waals surface area contributed by atoms with Crippen LogP contribution in [-0.4, -0.2) is 30.1 Å². The molecule has 0 radical (unpaired) electrons. The summed E-state index contributed by atoms with van der Waals surface area (Å²) in [7, 11) is 0. The van der Waals surface area contributed by atoms with Crippen LogP contribution in [0, 0.1) is 11.8 Å². The molecule has 1 aromatic carbocycles. The van der Waals surface area contributed by atoms with E-state index in [4.69, 9.17) is 0 Å². The number of anilines is 1. The maximum atomic E-state index is 12.2. The lowest BCUT2D eigenvalue weighted by atomic mass is 9.94. The molecule has 0 saturated heterocycles. The van der Waals surface area contributed by atoms with E-state index in [0.717, 1.165) is 5.69 Å². The predicted molar refractivity (Wildman–Crippen MR) is 91.2 cm³/mol. The molecule has 1 amide bonds. The van der Waals surface area contributed by atoms with Crippen molar-refractivity contribution in [1.29, 1.82) is 0 Å². The van der Waals surface area contributed by atoms with Crippen molar-refractivity contribution < 1.29 is 14.4 Å². The second kappa shape index (κ2) is 9.08. The first kappa shape index (κ1) is 18.9. The van der Waals surface area contributed by atoms with Gasteiger partial charge in [0.25, 0.3) is 0 Å². The van der Waals surface area contributed by atoms with Crippen molar-refractivity contribution in [3.63, 3.8) is 0 Å². The Morgan fingerprint density at radius 1 is 0.957 bits per heavy atom. The van der Waals surface area contributed by atoms with Gasteiger partial charge in [-0.25, -0.2) is 0 Å². The molecular weight excluding hydrogens is 292 g/mol. The summed E-state index contributed by atoms with van der Waals surface area (Å²) < 4.78 is 0. The van der Waals surface area contributed by atoms with Crippen LogP contribution < -0.4 is 10.6 Å². The van der Waals surface area contributed by atoms with E-state index >= 15 is 0 Å². The van der Waals surface area contributed by atoms with Gasteiger partial charge in [-0.05, 0) is 12.1 Å². The normalized spacial score (nSPS) is 12.1. The van der Waals surface area contributed by atoms with Crippen molar-refractivity contribution in [2.24, 2.45) is 11.8 Å². The second-order valence-electron chi connectivity index (χ2n) is 6.22. The average Bonchev–Trinajstić information content (AvgIpc) is 2.52. The van der Waals surface area contributed by atoms with Gasteiger partial charge in [0.15, 0.2) is 5.78 Å². The summed E-state index contributed by atoms with van der Waals surface area (Å²) in [6.07, 6.45) is 0.0474. The smallest absolute Gasteiger partial charge is 0.239 e. The minimum atomic E-state index is -0.755. The van der Waals surface area contributed by atoms with Gasteiger partial charge in [-0.2, -0.15) is 0 Å². The molecule has 1 atom stereocenters. The lowest BCUT2D eigenvalue weighted by Gasteiger charge is -2.20. The first-order chi connectivity index (χ1) is 10.8. The van der Waals surface area contributed by atoms with E-state index in [1.165, 1.54) is 0 Å². The Morgan fingerprint density at radius 3 is 2.09 bits per heavy atom. The SMILES string of the molecule is CC(C)C(=O)CC(NC(=O)CNc1ccccc1)C(=O)C(C)C. The van der Waals surface area contributed by atoms with Crippen LogP contribution in [0.25, 0.3) is 0 Å². The zero-order chi connectivity index (χ0) is 17.4. The van der Waals surface area contributed by atoms with E-state index < -0.39 is 6.04 Å². The van der Waals surface area contributed by atoms with Gasteiger partial charge in [-0.3, -0.25) is 14.4 Å². The molecular formula is C18H26N2O3. The minimum absolute atomic E-state index is 0.0275. The fourth-order valence-electron chi connectivity index (χ4n) is 2.05. The molecule has 1 aromatic rings. The molecule has 2 N–H and O–H groups in total. The lowest BCUT2D eigenvalue weighted by molar-refractivity contribution is -0.132. The molecule has 0 spiro atoms. The highest BCUT2D eigenvalue weighted by atomic mass is 16.2. The average molecular weight is 318 g/mol. The summed E-state index contributed by atoms with van der Waals surface area (Å²) in [6, 6.07) is 8.58. The number of benzene rings is 1. The maximum Gasteiger partial charge on any atom is 0.239 e. The van der Waals surface area contributed by atoms with Crippen LogP contribution in [0.15, 0.2) is 30.3 Å². The quantitative estimate of drug-likeness (QED) is 0.733. The molecule has 0 aromatic heterocycles. The fraction of sp³-hybridized carbons (Fsp3) is 0.500. The summed E-state index contributed by atoms with van der Waals surface area (Å²) in [6.45, 7) is 7.17. The Morgan fingerprint density at radius 2 is 1.57 bits per heavy atom.